The van der Waals surface area contributed by atoms with Crippen LogP contribution in [-0.4, -0.2) is 35.0 Å². The number of nitrogens with zero attached hydrogens (tertiary/aromatic N) is 1. The van der Waals surface area contributed by atoms with Crippen LogP contribution < -0.4 is 0 Å². The molecule has 1 aromatic heterocycles. The number of fused-ring (bicyclic) bond motifs is 1. The molecular weight excluding hydrogens is 238 g/mol. The minimum Gasteiger partial charge on any atom is -0.480 e. The first-order chi connectivity index (χ1) is 8.00. The number of carbonyl (C=O) groups is 2. The van der Waals surface area contributed by atoms with Crippen molar-refractivity contribution in [3.05, 3.63) is 21.4 Å². The fourth-order valence-electron chi connectivity index (χ4n) is 1.95. The van der Waals surface area contributed by atoms with Gasteiger partial charge in [0.15, 0.2) is 0 Å². The van der Waals surface area contributed by atoms with E-state index in [1.54, 1.807) is 0 Å². The van der Waals surface area contributed by atoms with Crippen LogP contribution in [0, 0.1) is 0 Å². The van der Waals surface area contributed by atoms with Gasteiger partial charge in [0.25, 0.3) is 5.91 Å². The van der Waals surface area contributed by atoms with Gasteiger partial charge in [0.1, 0.15) is 6.04 Å². The Kier molecular flexibility index (Phi) is 3.19. The molecule has 1 N–H and O–H groups in total. The minimum absolute atomic E-state index is 0.195. The average Bonchev–Trinajstić information content (AvgIpc) is 2.85. The Morgan fingerprint density at radius 1 is 1.47 bits per heavy atom. The van der Waals surface area contributed by atoms with Crippen molar-refractivity contribution >= 4 is 23.2 Å². The van der Waals surface area contributed by atoms with E-state index in [1.807, 2.05) is 6.07 Å². The van der Waals surface area contributed by atoms with Crippen LogP contribution in [0.5, 0.6) is 0 Å². The molecule has 0 radical (unpaired) electrons. The first kappa shape index (κ1) is 12.1. The van der Waals surface area contributed by atoms with Crippen molar-refractivity contribution in [1.29, 1.82) is 0 Å². The number of rotatable bonds is 3. The highest BCUT2D eigenvalue weighted by Crippen LogP contribution is 2.31. The summed E-state index contributed by atoms with van der Waals surface area (Å²) in [6.07, 6.45) is 3.25. The second-order valence-electron chi connectivity index (χ2n) is 4.34. The van der Waals surface area contributed by atoms with E-state index >= 15 is 0 Å². The van der Waals surface area contributed by atoms with Crippen molar-refractivity contribution in [2.45, 2.75) is 32.2 Å². The molecule has 1 heterocycles. The molecule has 0 fully saturated rings. The molecule has 0 saturated carbocycles. The topological polar surface area (TPSA) is 57.6 Å². The molecule has 1 amide bonds. The lowest BCUT2D eigenvalue weighted by Gasteiger charge is -2.20. The average molecular weight is 253 g/mol. The fraction of sp³-hybridized carbons (Fsp3) is 0.500. The highest BCUT2D eigenvalue weighted by molar-refractivity contribution is 7.14. The summed E-state index contributed by atoms with van der Waals surface area (Å²) in [5, 5.41) is 8.87. The third-order valence-corrected chi connectivity index (χ3v) is 4.44. The predicted molar refractivity (Wildman–Crippen MR) is 65.5 cm³/mol. The van der Waals surface area contributed by atoms with Gasteiger partial charge in [-0.15, -0.1) is 11.3 Å². The van der Waals surface area contributed by atoms with E-state index in [1.165, 1.54) is 40.6 Å². The molecule has 17 heavy (non-hydrogen) atoms. The first-order valence-corrected chi connectivity index (χ1v) is 6.44. The van der Waals surface area contributed by atoms with Crippen LogP contribution in [0.3, 0.4) is 0 Å². The van der Waals surface area contributed by atoms with Gasteiger partial charge in [-0.2, -0.15) is 0 Å². The highest BCUT2D eigenvalue weighted by atomic mass is 32.1. The molecule has 0 saturated heterocycles. The van der Waals surface area contributed by atoms with Gasteiger partial charge in [-0.05, 0) is 37.8 Å². The normalized spacial score (nSPS) is 15.4. The quantitative estimate of drug-likeness (QED) is 0.893. The number of hydrogen-bond donors (Lipinski definition) is 1. The van der Waals surface area contributed by atoms with Crippen molar-refractivity contribution < 1.29 is 14.7 Å². The smallest absolute Gasteiger partial charge is 0.326 e. The monoisotopic (exact) mass is 253 g/mol. The number of carboxylic acid groups (broad SMARTS) is 1. The van der Waals surface area contributed by atoms with Crippen molar-refractivity contribution in [1.82, 2.24) is 4.90 Å². The molecule has 2 rings (SSSR count). The van der Waals surface area contributed by atoms with Gasteiger partial charge >= 0.3 is 5.97 Å². The molecule has 1 aliphatic rings. The number of hydrogen-bond acceptors (Lipinski definition) is 3. The predicted octanol–water partition coefficient (Wildman–Crippen LogP) is 1.78. The molecule has 0 aliphatic heterocycles. The number of carboxylic acids is 1. The number of thiophene rings is 1. The van der Waals surface area contributed by atoms with Gasteiger partial charge in [0.05, 0.1) is 4.88 Å². The zero-order valence-electron chi connectivity index (χ0n) is 9.90. The van der Waals surface area contributed by atoms with Crippen LogP contribution in [0.1, 0.15) is 33.5 Å². The summed E-state index contributed by atoms with van der Waals surface area (Å²) < 4.78 is 0. The maximum Gasteiger partial charge on any atom is 0.326 e. The summed E-state index contributed by atoms with van der Waals surface area (Å²) in [5.41, 5.74) is 1.26. The molecule has 0 bridgehead atoms. The summed E-state index contributed by atoms with van der Waals surface area (Å²) in [7, 11) is 1.53. The molecule has 5 heteroatoms. The Balaban J connectivity index is 2.16. The fourth-order valence-corrected chi connectivity index (χ4v) is 3.19. The molecule has 1 unspecified atom stereocenters. The second kappa shape index (κ2) is 4.49. The van der Waals surface area contributed by atoms with E-state index in [0.717, 1.165) is 19.3 Å². The summed E-state index contributed by atoms with van der Waals surface area (Å²) in [6, 6.07) is 1.12. The first-order valence-electron chi connectivity index (χ1n) is 5.62. The Morgan fingerprint density at radius 2 is 2.18 bits per heavy atom. The van der Waals surface area contributed by atoms with Gasteiger partial charge in [0.2, 0.25) is 0 Å². The van der Waals surface area contributed by atoms with Gasteiger partial charge in [0, 0.05) is 11.9 Å². The van der Waals surface area contributed by atoms with Gasteiger partial charge in [-0.1, -0.05) is 0 Å². The summed E-state index contributed by atoms with van der Waals surface area (Å²) in [5.74, 6) is -1.18. The molecule has 0 spiro atoms. The lowest BCUT2D eigenvalue weighted by atomic mass is 10.2. The van der Waals surface area contributed by atoms with Crippen LogP contribution in [0.15, 0.2) is 6.07 Å². The Morgan fingerprint density at radius 3 is 2.76 bits per heavy atom. The molecule has 1 aromatic rings. The zero-order chi connectivity index (χ0) is 12.6. The maximum absolute atomic E-state index is 12.1. The maximum atomic E-state index is 12.1. The van der Waals surface area contributed by atoms with Crippen LogP contribution in [0.25, 0.3) is 0 Å². The standard InChI is InChI=1S/C12H15NO3S/c1-7(12(15)16)13(2)11(14)10-6-8-4-3-5-9(8)17-10/h6-7H,3-5H2,1-2H3,(H,15,16). The second-order valence-corrected chi connectivity index (χ2v) is 5.48. The van der Waals surface area contributed by atoms with Crippen LogP contribution >= 0.6 is 11.3 Å². The van der Waals surface area contributed by atoms with E-state index < -0.39 is 12.0 Å². The summed E-state index contributed by atoms with van der Waals surface area (Å²) in [4.78, 5) is 26.1. The van der Waals surface area contributed by atoms with Crippen molar-refractivity contribution in [3.8, 4) is 0 Å². The molecule has 1 atom stereocenters. The number of aryl methyl sites for hydroxylation is 2. The molecular formula is C12H15NO3S. The SMILES string of the molecule is CC(C(=O)O)N(C)C(=O)c1cc2c(s1)CCC2. The van der Waals surface area contributed by atoms with E-state index in [9.17, 15) is 9.59 Å². The molecule has 4 nitrogen and oxygen atoms in total. The van der Waals surface area contributed by atoms with Crippen molar-refractivity contribution in [2.24, 2.45) is 0 Å². The molecule has 92 valence electrons. The highest BCUT2D eigenvalue weighted by Gasteiger charge is 2.25. The van der Waals surface area contributed by atoms with Gasteiger partial charge in [-0.3, -0.25) is 4.79 Å². The minimum atomic E-state index is -0.982. The van der Waals surface area contributed by atoms with Crippen molar-refractivity contribution in [2.75, 3.05) is 7.05 Å². The summed E-state index contributed by atoms with van der Waals surface area (Å²) >= 11 is 1.50. The van der Waals surface area contributed by atoms with E-state index in [2.05, 4.69) is 0 Å². The van der Waals surface area contributed by atoms with Crippen LogP contribution in [0.4, 0.5) is 0 Å². The lowest BCUT2D eigenvalue weighted by molar-refractivity contribution is -0.141. The van der Waals surface area contributed by atoms with Gasteiger partial charge in [-0.25, -0.2) is 4.79 Å². The third kappa shape index (κ3) is 2.20. The van der Waals surface area contributed by atoms with E-state index in [4.69, 9.17) is 5.11 Å². The lowest BCUT2D eigenvalue weighted by Crippen LogP contribution is -2.39. The number of likely N-dealkylation sites (N-methyl/N-ethyl adjacent to an activating group) is 1. The van der Waals surface area contributed by atoms with Crippen LogP contribution in [0.2, 0.25) is 0 Å². The Labute approximate surface area is 104 Å². The van der Waals surface area contributed by atoms with E-state index in [0.29, 0.717) is 4.88 Å². The molecule has 0 aromatic carbocycles. The van der Waals surface area contributed by atoms with Crippen molar-refractivity contribution in [3.63, 3.8) is 0 Å². The van der Waals surface area contributed by atoms with Crippen LogP contribution in [-0.2, 0) is 17.6 Å². The largest absolute Gasteiger partial charge is 0.480 e. The number of amides is 1. The zero-order valence-corrected chi connectivity index (χ0v) is 10.7. The third-order valence-electron chi connectivity index (χ3n) is 3.22. The van der Waals surface area contributed by atoms with E-state index in [-0.39, 0.29) is 5.91 Å². The summed E-state index contributed by atoms with van der Waals surface area (Å²) in [6.45, 7) is 1.52. The number of carbonyl (C=O) groups excluding carboxylic acids is 1. The molecule has 1 aliphatic carbocycles. The van der Waals surface area contributed by atoms with Gasteiger partial charge < -0.3 is 10.0 Å². The number of aliphatic carboxylic acids is 1. The Hall–Kier alpha value is -1.36. The Bertz CT molecular complexity index is 445.